The molecular weight excluding hydrogens is 472 g/mol. The smallest absolute Gasteiger partial charge is 0.334 e. The molecule has 0 aliphatic carbocycles. The van der Waals surface area contributed by atoms with Crippen molar-refractivity contribution in [1.82, 2.24) is 10.2 Å². The van der Waals surface area contributed by atoms with E-state index in [1.165, 1.54) is 41.3 Å². The topological polar surface area (TPSA) is 41.6 Å². The minimum absolute atomic E-state index is 0.0358. The zero-order valence-electron chi connectivity index (χ0n) is 17.9. The largest absolute Gasteiger partial charge is 0.416 e. The second-order valence-corrected chi connectivity index (χ2v) is 8.37. The lowest BCUT2D eigenvalue weighted by Gasteiger charge is -2.42. The summed E-state index contributed by atoms with van der Waals surface area (Å²) < 4.78 is 63.1. The number of hydrogen-bond donors (Lipinski definition) is 1. The lowest BCUT2D eigenvalue weighted by molar-refractivity contribution is -0.193. The molecule has 0 aromatic heterocycles. The molecule has 1 unspecified atom stereocenters. The van der Waals surface area contributed by atoms with Crippen molar-refractivity contribution in [2.75, 3.05) is 13.1 Å². The fourth-order valence-corrected chi connectivity index (χ4v) is 3.88. The number of hydrogen-bond acceptors (Lipinski definition) is 2. The molecule has 0 radical (unpaired) electrons. The van der Waals surface area contributed by atoms with Gasteiger partial charge in [0.05, 0.1) is 24.8 Å². The van der Waals surface area contributed by atoms with Gasteiger partial charge >= 0.3 is 12.2 Å². The zero-order valence-corrected chi connectivity index (χ0v) is 18.6. The average molecular weight is 493 g/mol. The number of amides is 2. The van der Waals surface area contributed by atoms with Crippen LogP contribution in [0.5, 0.6) is 0 Å². The lowest BCUT2D eigenvalue weighted by Crippen LogP contribution is -2.59. The summed E-state index contributed by atoms with van der Waals surface area (Å²) in [6.07, 6.45) is -5.59. The Labute approximate surface area is 199 Å². The minimum Gasteiger partial charge on any atom is -0.334 e. The number of rotatable bonds is 6. The number of urea groups is 1. The van der Waals surface area contributed by atoms with Crippen molar-refractivity contribution < 1.29 is 27.1 Å². The molecule has 34 heavy (non-hydrogen) atoms. The Bertz CT molecular complexity index is 1140. The van der Waals surface area contributed by atoms with E-state index in [2.05, 4.69) is 5.32 Å². The highest BCUT2D eigenvalue weighted by Gasteiger charge is 2.47. The molecule has 1 aliphatic rings. The predicted molar refractivity (Wildman–Crippen MR) is 120 cm³/mol. The van der Waals surface area contributed by atoms with E-state index < -0.39 is 29.3 Å². The van der Waals surface area contributed by atoms with Crippen molar-refractivity contribution >= 4 is 17.6 Å². The molecule has 0 bridgehead atoms. The maximum atomic E-state index is 16.5. The first kappa shape index (κ1) is 24.0. The van der Waals surface area contributed by atoms with E-state index >= 15 is 4.39 Å². The van der Waals surface area contributed by atoms with Crippen LogP contribution in [0, 0.1) is 0 Å². The summed E-state index contributed by atoms with van der Waals surface area (Å²) in [5.74, 6) is -2.89. The van der Waals surface area contributed by atoms with Crippen LogP contribution in [0.4, 0.5) is 22.4 Å². The summed E-state index contributed by atoms with van der Waals surface area (Å²) in [4.78, 5) is 13.8. The molecule has 2 amide bonds. The number of ether oxygens (including phenoxy) is 1. The molecule has 1 N–H and O–H groups in total. The van der Waals surface area contributed by atoms with Crippen LogP contribution < -0.4 is 5.32 Å². The van der Waals surface area contributed by atoms with Crippen molar-refractivity contribution in [3.05, 3.63) is 106 Å². The van der Waals surface area contributed by atoms with Gasteiger partial charge in [0.2, 0.25) is 0 Å². The third kappa shape index (κ3) is 5.18. The Morgan fingerprint density at radius 3 is 2.12 bits per heavy atom. The summed E-state index contributed by atoms with van der Waals surface area (Å²) >= 11 is 5.89. The van der Waals surface area contributed by atoms with Crippen molar-refractivity contribution in [1.29, 1.82) is 0 Å². The molecule has 178 valence electrons. The van der Waals surface area contributed by atoms with Crippen LogP contribution in [0.25, 0.3) is 0 Å². The van der Waals surface area contributed by atoms with Crippen molar-refractivity contribution in [3.8, 4) is 0 Å². The normalized spacial score (nSPS) is 16.0. The van der Waals surface area contributed by atoms with Crippen molar-refractivity contribution in [3.63, 3.8) is 0 Å². The number of nitrogens with one attached hydrogen (secondary N) is 1. The van der Waals surface area contributed by atoms with Crippen LogP contribution in [-0.2, 0) is 23.3 Å². The van der Waals surface area contributed by atoms with Gasteiger partial charge in [0.15, 0.2) is 0 Å². The van der Waals surface area contributed by atoms with E-state index in [0.717, 1.165) is 17.7 Å². The SMILES string of the molecule is O=C(NCc1ccccc1)N1CC(OC(F)(c2ccc(Cl)cc2)c2ccccc2C(F)(F)F)C1. The second-order valence-electron chi connectivity index (χ2n) is 7.93. The van der Waals surface area contributed by atoms with Gasteiger partial charge in [0.1, 0.15) is 0 Å². The number of likely N-dealkylation sites (tertiary alicyclic amines) is 1. The van der Waals surface area contributed by atoms with Crippen LogP contribution in [-0.4, -0.2) is 30.1 Å². The molecule has 0 spiro atoms. The molecule has 3 aromatic rings. The molecule has 4 rings (SSSR count). The van der Waals surface area contributed by atoms with E-state index in [1.54, 1.807) is 0 Å². The molecule has 9 heteroatoms. The number of benzene rings is 3. The van der Waals surface area contributed by atoms with Crippen molar-refractivity contribution in [2.45, 2.75) is 24.7 Å². The molecule has 4 nitrogen and oxygen atoms in total. The number of carbonyl (C=O) groups is 1. The fourth-order valence-electron chi connectivity index (χ4n) is 3.76. The molecule has 1 heterocycles. The Morgan fingerprint density at radius 1 is 0.912 bits per heavy atom. The van der Waals surface area contributed by atoms with Gasteiger partial charge in [0, 0.05) is 22.7 Å². The van der Waals surface area contributed by atoms with Gasteiger partial charge in [-0.2, -0.15) is 13.2 Å². The summed E-state index contributed by atoms with van der Waals surface area (Å²) in [6.45, 7) is 0.389. The van der Waals surface area contributed by atoms with Gasteiger partial charge in [-0.15, -0.1) is 0 Å². The maximum Gasteiger partial charge on any atom is 0.416 e. The Balaban J connectivity index is 1.51. The summed E-state index contributed by atoms with van der Waals surface area (Å²) in [7, 11) is 0. The predicted octanol–water partition coefficient (Wildman–Crippen LogP) is 6.14. The number of halogens is 5. The first-order valence-electron chi connectivity index (χ1n) is 10.5. The third-order valence-corrected chi connectivity index (χ3v) is 5.80. The molecule has 1 atom stereocenters. The summed E-state index contributed by atoms with van der Waals surface area (Å²) in [5.41, 5.74) is -1.000. The van der Waals surface area contributed by atoms with E-state index in [1.807, 2.05) is 30.3 Å². The highest BCUT2D eigenvalue weighted by atomic mass is 35.5. The van der Waals surface area contributed by atoms with Crippen LogP contribution in [0.1, 0.15) is 22.3 Å². The van der Waals surface area contributed by atoms with E-state index in [-0.39, 0.29) is 24.7 Å². The quantitative estimate of drug-likeness (QED) is 0.420. The average Bonchev–Trinajstić information content (AvgIpc) is 2.80. The van der Waals surface area contributed by atoms with E-state index in [4.69, 9.17) is 16.3 Å². The molecule has 1 saturated heterocycles. The van der Waals surface area contributed by atoms with Gasteiger partial charge in [-0.05, 0) is 23.8 Å². The second kappa shape index (κ2) is 9.64. The summed E-state index contributed by atoms with van der Waals surface area (Å²) in [5, 5.41) is 3.06. The first-order valence-corrected chi connectivity index (χ1v) is 10.9. The van der Waals surface area contributed by atoms with Gasteiger partial charge in [0.25, 0.3) is 5.85 Å². The van der Waals surface area contributed by atoms with Gasteiger partial charge < -0.3 is 15.0 Å². The standard InChI is InChI=1S/C25H21ClF4N2O2/c26-19-12-10-18(11-13-19)24(27,21-8-4-5-9-22(21)25(28,29)30)34-20-15-32(16-20)23(33)31-14-17-6-2-1-3-7-17/h1-13,20H,14-16H2,(H,31,33). The fraction of sp³-hybridized carbons (Fsp3) is 0.240. The highest BCUT2D eigenvalue weighted by molar-refractivity contribution is 6.30. The molecule has 0 saturated carbocycles. The Kier molecular flexibility index (Phi) is 6.81. The monoisotopic (exact) mass is 492 g/mol. The van der Waals surface area contributed by atoms with Gasteiger partial charge in [-0.25, -0.2) is 9.18 Å². The summed E-state index contributed by atoms with van der Waals surface area (Å²) in [6, 6.07) is 18.7. The van der Waals surface area contributed by atoms with Gasteiger partial charge in [-0.1, -0.05) is 72.3 Å². The van der Waals surface area contributed by atoms with Crippen molar-refractivity contribution in [2.24, 2.45) is 0 Å². The van der Waals surface area contributed by atoms with Crippen LogP contribution in [0.2, 0.25) is 5.02 Å². The molecule has 1 fully saturated rings. The zero-order chi connectivity index (χ0) is 24.3. The lowest BCUT2D eigenvalue weighted by atomic mass is 9.93. The van der Waals surface area contributed by atoms with Crippen LogP contribution in [0.15, 0.2) is 78.9 Å². The van der Waals surface area contributed by atoms with Crippen LogP contribution in [0.3, 0.4) is 0 Å². The number of nitrogens with zero attached hydrogens (tertiary/aromatic N) is 1. The van der Waals surface area contributed by atoms with E-state index in [0.29, 0.717) is 11.6 Å². The molecular formula is C25H21ClF4N2O2. The minimum atomic E-state index is -4.79. The number of alkyl halides is 4. The Hall–Kier alpha value is -3.10. The molecule has 1 aliphatic heterocycles. The first-order chi connectivity index (χ1) is 16.2. The Morgan fingerprint density at radius 2 is 1.50 bits per heavy atom. The maximum absolute atomic E-state index is 16.5. The van der Waals surface area contributed by atoms with Gasteiger partial charge in [-0.3, -0.25) is 0 Å². The van der Waals surface area contributed by atoms with Crippen LogP contribution >= 0.6 is 11.6 Å². The van der Waals surface area contributed by atoms with E-state index in [9.17, 15) is 18.0 Å². The number of carbonyl (C=O) groups excluding carboxylic acids is 1. The highest BCUT2D eigenvalue weighted by Crippen LogP contribution is 2.44. The molecule has 3 aromatic carbocycles. The third-order valence-electron chi connectivity index (χ3n) is 5.55.